The van der Waals surface area contributed by atoms with Gasteiger partial charge in [-0.3, -0.25) is 0 Å². The van der Waals surface area contributed by atoms with Gasteiger partial charge in [-0.2, -0.15) is 0 Å². The molecule has 2 nitrogen and oxygen atoms in total. The van der Waals surface area contributed by atoms with E-state index in [1.165, 1.54) is 0 Å². The van der Waals surface area contributed by atoms with E-state index in [-0.39, 0.29) is 65.4 Å². The molecule has 6 heavy (non-hydrogen) atoms. The summed E-state index contributed by atoms with van der Waals surface area (Å²) in [5, 5.41) is -1.11. The first kappa shape index (κ1) is 15.7. The van der Waals surface area contributed by atoms with E-state index in [2.05, 4.69) is 11.6 Å². The molecule has 0 aromatic rings. The molecular weight excluding hydrogens is 255 g/mol. The quantitative estimate of drug-likeness (QED) is 0.477. The third kappa shape index (κ3) is 38.0. The van der Waals surface area contributed by atoms with Crippen molar-refractivity contribution in [1.82, 2.24) is 0 Å². The minimum atomic E-state index is -1.11. The molecule has 0 aromatic heterocycles. The number of nitrogens with one attached hydrogen (secondary N) is 1. The van der Waals surface area contributed by atoms with Gasteiger partial charge in [-0.15, -0.1) is 0 Å². The molecule has 30 valence electrons. The summed E-state index contributed by atoms with van der Waals surface area (Å²) < 4.78 is 0. The van der Waals surface area contributed by atoms with Gasteiger partial charge in [0.2, 0.25) is 0 Å². The second kappa shape index (κ2) is 10.1. The van der Waals surface area contributed by atoms with E-state index in [1.807, 2.05) is 0 Å². The van der Waals surface area contributed by atoms with Crippen molar-refractivity contribution < 1.29 is 70.2 Å². The molecule has 5 heteroatoms. The molecule has 0 aliphatic rings. The van der Waals surface area contributed by atoms with Crippen LogP contribution in [0.4, 0.5) is 4.79 Å². The monoisotopic (exact) mass is 256 g/mol. The van der Waals surface area contributed by atoms with Crippen molar-refractivity contribution in [3.05, 3.63) is 5.73 Å². The minimum Gasteiger partial charge on any atom is -0.654 e. The van der Waals surface area contributed by atoms with Gasteiger partial charge in [-0.25, -0.2) is 0 Å². The normalized spacial score (nSPS) is 4.17. The van der Waals surface area contributed by atoms with Gasteiger partial charge in [0.05, 0.1) is 0 Å². The number of amides is 1. The zero-order valence-corrected chi connectivity index (χ0v) is 9.37. The Labute approximate surface area is 91.3 Å². The first-order valence-electron chi connectivity index (χ1n) is 0.643. The average molecular weight is 256 g/mol. The van der Waals surface area contributed by atoms with Crippen LogP contribution in [0.5, 0.6) is 0 Å². The van der Waals surface area contributed by atoms with Crippen LogP contribution in [0.2, 0.25) is 0 Å². The molecule has 2 radical (unpaired) electrons. The summed E-state index contributed by atoms with van der Waals surface area (Å²) in [4.78, 5) is 8.88. The summed E-state index contributed by atoms with van der Waals surface area (Å²) in [6.07, 6.45) is 0. The topological polar surface area (TPSA) is 40.9 Å². The predicted molar refractivity (Wildman–Crippen MR) is 15.6 cm³/mol. The van der Waals surface area contributed by atoms with Gasteiger partial charge in [0, 0.05) is 65.4 Å². The van der Waals surface area contributed by atoms with Gasteiger partial charge in [-0.1, -0.05) is 11.6 Å². The SMILES string of the molecule is [NH-]C(=O)Cl.[Y].[Y]. The van der Waals surface area contributed by atoms with E-state index in [9.17, 15) is 0 Å². The van der Waals surface area contributed by atoms with E-state index in [0.717, 1.165) is 0 Å². The van der Waals surface area contributed by atoms with E-state index in [1.54, 1.807) is 0 Å². The molecule has 0 saturated heterocycles. The second-order valence-corrected chi connectivity index (χ2v) is 0.617. The van der Waals surface area contributed by atoms with Crippen LogP contribution in [0.25, 0.3) is 5.73 Å². The van der Waals surface area contributed by atoms with Crippen molar-refractivity contribution in [3.8, 4) is 0 Å². The number of rotatable bonds is 0. The number of carbonyl (C=O) groups is 1. The smallest absolute Gasteiger partial charge is 0.140 e. The minimum absolute atomic E-state index is 0. The molecule has 0 unspecified atom stereocenters. The third-order valence-electron chi connectivity index (χ3n) is 0. The average Bonchev–Trinajstić information content (AvgIpc) is 0.811. The molecule has 0 rings (SSSR count). The molecule has 0 aliphatic heterocycles. The fourth-order valence-electron chi connectivity index (χ4n) is 0. The van der Waals surface area contributed by atoms with Crippen LogP contribution < -0.4 is 0 Å². The van der Waals surface area contributed by atoms with E-state index >= 15 is 0 Å². The molecule has 0 fully saturated rings. The van der Waals surface area contributed by atoms with E-state index in [0.29, 0.717) is 0 Å². The maximum absolute atomic E-state index is 8.88. The Kier molecular flexibility index (Phi) is 26.3. The Morgan fingerprint density at radius 2 is 1.50 bits per heavy atom. The van der Waals surface area contributed by atoms with Gasteiger partial charge in [0.25, 0.3) is 0 Å². The molecule has 0 heterocycles. The third-order valence-corrected chi connectivity index (χ3v) is 0. The van der Waals surface area contributed by atoms with E-state index in [4.69, 9.17) is 10.5 Å². The number of carbonyl (C=O) groups excluding carboxylic acids is 1. The summed E-state index contributed by atoms with van der Waals surface area (Å²) in [7, 11) is 0. The molecule has 0 bridgehead atoms. The van der Waals surface area contributed by atoms with Gasteiger partial charge in [0.1, 0.15) is 5.37 Å². The van der Waals surface area contributed by atoms with Gasteiger partial charge >= 0.3 is 0 Å². The maximum atomic E-state index is 8.88. The Morgan fingerprint density at radius 1 is 1.50 bits per heavy atom. The molecule has 0 aliphatic carbocycles. The summed E-state index contributed by atoms with van der Waals surface area (Å²) >= 11 is 4.30. The largest absolute Gasteiger partial charge is 0.654 e. The zero-order valence-electron chi connectivity index (χ0n) is 2.94. The van der Waals surface area contributed by atoms with Gasteiger partial charge < -0.3 is 10.5 Å². The molecule has 1 N–H and O–H groups in total. The zero-order chi connectivity index (χ0) is 3.58. The number of hydrogen-bond acceptors (Lipinski definition) is 1. The molecule has 0 saturated carbocycles. The Hall–Kier alpha value is 1.97. The molecule has 0 aromatic carbocycles. The van der Waals surface area contributed by atoms with Crippen LogP contribution in [0.15, 0.2) is 0 Å². The summed E-state index contributed by atoms with van der Waals surface area (Å²) in [5.74, 6) is 0. The van der Waals surface area contributed by atoms with Gasteiger partial charge in [-0.05, 0) is 0 Å². The van der Waals surface area contributed by atoms with E-state index < -0.39 is 5.37 Å². The van der Waals surface area contributed by atoms with Crippen molar-refractivity contribution in [2.75, 3.05) is 0 Å². The van der Waals surface area contributed by atoms with Crippen molar-refractivity contribution in [3.63, 3.8) is 0 Å². The first-order chi connectivity index (χ1) is 1.73. The fraction of sp³-hybridized carbons (Fsp3) is 0. The Bertz CT molecular complexity index is 36.5. The molecule has 1 amide bonds. The number of halogens is 1. The van der Waals surface area contributed by atoms with Crippen molar-refractivity contribution in [2.45, 2.75) is 0 Å². The standard InChI is InChI=1S/CH2ClNO.2Y/c2-1(3)4;;/h(H2,3,4);;/p-1. The molecule has 0 spiro atoms. The predicted octanol–water partition coefficient (Wildman–Crippen LogP) is 1.39. The van der Waals surface area contributed by atoms with Crippen LogP contribution in [-0.4, -0.2) is 5.37 Å². The van der Waals surface area contributed by atoms with Crippen LogP contribution in [0, 0.1) is 0 Å². The molecule has 0 atom stereocenters. The molecular formula is CHClNOY2-. The maximum Gasteiger partial charge on any atom is 0.140 e. The summed E-state index contributed by atoms with van der Waals surface area (Å²) in [5.41, 5.74) is 5.71. The Balaban J connectivity index is -0.0000000450. The van der Waals surface area contributed by atoms with Crippen LogP contribution in [0.3, 0.4) is 0 Å². The van der Waals surface area contributed by atoms with Gasteiger partial charge in [0.15, 0.2) is 0 Å². The fourth-order valence-corrected chi connectivity index (χ4v) is 0. The number of hydrogen-bond donors (Lipinski definition) is 0. The van der Waals surface area contributed by atoms with Crippen LogP contribution in [0.1, 0.15) is 0 Å². The Morgan fingerprint density at radius 3 is 1.50 bits per heavy atom. The van der Waals surface area contributed by atoms with Crippen molar-refractivity contribution in [2.24, 2.45) is 0 Å². The van der Waals surface area contributed by atoms with Crippen LogP contribution >= 0.6 is 11.6 Å². The second-order valence-electron chi connectivity index (χ2n) is 0.274. The van der Waals surface area contributed by atoms with Crippen molar-refractivity contribution in [1.29, 1.82) is 0 Å². The summed E-state index contributed by atoms with van der Waals surface area (Å²) in [6.45, 7) is 0. The van der Waals surface area contributed by atoms with Crippen LogP contribution in [-0.2, 0) is 65.4 Å². The summed E-state index contributed by atoms with van der Waals surface area (Å²) in [6, 6.07) is 0. The first-order valence-corrected chi connectivity index (χ1v) is 1.02. The van der Waals surface area contributed by atoms with Crippen molar-refractivity contribution >= 4 is 17.0 Å².